The molecule has 1 saturated heterocycles. The van der Waals surface area contributed by atoms with Crippen molar-refractivity contribution in [2.45, 2.75) is 39.0 Å². The molecule has 0 saturated carbocycles. The van der Waals surface area contributed by atoms with Crippen LogP contribution in [-0.2, 0) is 6.42 Å². The van der Waals surface area contributed by atoms with Gasteiger partial charge < -0.3 is 5.32 Å². The van der Waals surface area contributed by atoms with Crippen molar-refractivity contribution in [2.24, 2.45) is 5.41 Å². The number of piperidine rings is 1. The van der Waals surface area contributed by atoms with E-state index in [1.165, 1.54) is 50.8 Å². The molecule has 0 bridgehead atoms. The molecule has 1 aliphatic rings. The number of benzene rings is 1. The molecule has 0 atom stereocenters. The average molecular weight is 217 g/mol. The first-order valence-electron chi connectivity index (χ1n) is 6.53. The van der Waals surface area contributed by atoms with Gasteiger partial charge in [-0.25, -0.2) is 0 Å². The zero-order valence-corrected chi connectivity index (χ0v) is 10.3. The summed E-state index contributed by atoms with van der Waals surface area (Å²) in [5, 5.41) is 3.45. The van der Waals surface area contributed by atoms with E-state index in [0.717, 1.165) is 0 Å². The maximum Gasteiger partial charge on any atom is -0.00437 e. The van der Waals surface area contributed by atoms with Gasteiger partial charge in [-0.1, -0.05) is 37.3 Å². The highest BCUT2D eigenvalue weighted by molar-refractivity contribution is 5.14. The minimum Gasteiger partial charge on any atom is -0.317 e. The molecule has 1 heteroatoms. The Hall–Kier alpha value is -0.820. The standard InChI is InChI=1S/C15H23N/c1-15(10-12-16-13-11-15)9-5-8-14-6-3-2-4-7-14/h2-4,6-7,16H,5,8-13H2,1H3. The summed E-state index contributed by atoms with van der Waals surface area (Å²) in [6.45, 7) is 4.88. The Morgan fingerprint density at radius 2 is 1.81 bits per heavy atom. The number of hydrogen-bond donors (Lipinski definition) is 1. The molecule has 1 aliphatic heterocycles. The molecule has 0 amide bonds. The van der Waals surface area contributed by atoms with Crippen molar-refractivity contribution < 1.29 is 0 Å². The number of hydrogen-bond acceptors (Lipinski definition) is 1. The lowest BCUT2D eigenvalue weighted by atomic mass is 9.77. The summed E-state index contributed by atoms with van der Waals surface area (Å²) in [6.07, 6.45) is 6.65. The summed E-state index contributed by atoms with van der Waals surface area (Å²) < 4.78 is 0. The lowest BCUT2D eigenvalue weighted by Gasteiger charge is -2.34. The van der Waals surface area contributed by atoms with Gasteiger partial charge in [0.2, 0.25) is 0 Å². The predicted octanol–water partition coefficient (Wildman–Crippen LogP) is 3.40. The van der Waals surface area contributed by atoms with E-state index in [4.69, 9.17) is 0 Å². The van der Waals surface area contributed by atoms with E-state index < -0.39 is 0 Å². The quantitative estimate of drug-likeness (QED) is 0.815. The van der Waals surface area contributed by atoms with Gasteiger partial charge in [-0.2, -0.15) is 0 Å². The topological polar surface area (TPSA) is 12.0 Å². The Balaban J connectivity index is 1.75. The fraction of sp³-hybridized carbons (Fsp3) is 0.600. The van der Waals surface area contributed by atoms with Gasteiger partial charge in [-0.05, 0) is 56.2 Å². The monoisotopic (exact) mass is 217 g/mol. The Morgan fingerprint density at radius 3 is 2.50 bits per heavy atom. The summed E-state index contributed by atoms with van der Waals surface area (Å²) >= 11 is 0. The van der Waals surface area contributed by atoms with Gasteiger partial charge in [0.1, 0.15) is 0 Å². The Morgan fingerprint density at radius 1 is 1.12 bits per heavy atom. The highest BCUT2D eigenvalue weighted by atomic mass is 14.9. The van der Waals surface area contributed by atoms with Gasteiger partial charge in [0.15, 0.2) is 0 Å². The number of rotatable bonds is 4. The molecule has 0 aromatic heterocycles. The van der Waals surface area contributed by atoms with E-state index >= 15 is 0 Å². The van der Waals surface area contributed by atoms with E-state index in [-0.39, 0.29) is 0 Å². The first-order valence-corrected chi connectivity index (χ1v) is 6.53. The predicted molar refractivity (Wildman–Crippen MR) is 69.6 cm³/mol. The molecule has 0 aliphatic carbocycles. The molecule has 1 fully saturated rings. The van der Waals surface area contributed by atoms with Crippen LogP contribution in [-0.4, -0.2) is 13.1 Å². The molecule has 0 unspecified atom stereocenters. The van der Waals surface area contributed by atoms with Crippen LogP contribution in [0.2, 0.25) is 0 Å². The van der Waals surface area contributed by atoms with Crippen LogP contribution < -0.4 is 5.32 Å². The zero-order valence-electron chi connectivity index (χ0n) is 10.3. The summed E-state index contributed by atoms with van der Waals surface area (Å²) in [4.78, 5) is 0. The minimum atomic E-state index is 0.597. The smallest absolute Gasteiger partial charge is 0.00437 e. The van der Waals surface area contributed by atoms with Crippen molar-refractivity contribution >= 4 is 0 Å². The third kappa shape index (κ3) is 3.34. The second kappa shape index (κ2) is 5.49. The van der Waals surface area contributed by atoms with Gasteiger partial charge in [0, 0.05) is 0 Å². The van der Waals surface area contributed by atoms with E-state index in [1.54, 1.807) is 0 Å². The zero-order chi connectivity index (χ0) is 11.3. The maximum absolute atomic E-state index is 3.45. The molecule has 16 heavy (non-hydrogen) atoms. The highest BCUT2D eigenvalue weighted by Gasteiger charge is 2.25. The van der Waals surface area contributed by atoms with Gasteiger partial charge in [0.25, 0.3) is 0 Å². The fourth-order valence-electron chi connectivity index (χ4n) is 2.64. The molecular weight excluding hydrogens is 194 g/mol. The summed E-state index contributed by atoms with van der Waals surface area (Å²) in [7, 11) is 0. The fourth-order valence-corrected chi connectivity index (χ4v) is 2.64. The number of nitrogens with one attached hydrogen (secondary N) is 1. The van der Waals surface area contributed by atoms with Crippen molar-refractivity contribution in [3.8, 4) is 0 Å². The van der Waals surface area contributed by atoms with Crippen LogP contribution in [0.3, 0.4) is 0 Å². The Labute approximate surface area is 99.3 Å². The molecule has 1 aromatic rings. The van der Waals surface area contributed by atoms with Gasteiger partial charge in [-0.3, -0.25) is 0 Å². The minimum absolute atomic E-state index is 0.597. The third-order valence-corrected chi connectivity index (χ3v) is 3.90. The van der Waals surface area contributed by atoms with Crippen LogP contribution >= 0.6 is 0 Å². The highest BCUT2D eigenvalue weighted by Crippen LogP contribution is 2.33. The Bertz CT molecular complexity index is 298. The van der Waals surface area contributed by atoms with Crippen molar-refractivity contribution in [2.75, 3.05) is 13.1 Å². The summed E-state index contributed by atoms with van der Waals surface area (Å²) in [5.74, 6) is 0. The largest absolute Gasteiger partial charge is 0.317 e. The van der Waals surface area contributed by atoms with E-state index in [2.05, 4.69) is 42.6 Å². The van der Waals surface area contributed by atoms with Crippen LogP contribution in [0.1, 0.15) is 38.2 Å². The van der Waals surface area contributed by atoms with Gasteiger partial charge in [0.05, 0.1) is 0 Å². The van der Waals surface area contributed by atoms with E-state index in [9.17, 15) is 0 Å². The van der Waals surface area contributed by atoms with Crippen LogP contribution in [0, 0.1) is 5.41 Å². The van der Waals surface area contributed by atoms with Crippen LogP contribution in [0.5, 0.6) is 0 Å². The third-order valence-electron chi connectivity index (χ3n) is 3.90. The van der Waals surface area contributed by atoms with Gasteiger partial charge in [-0.15, -0.1) is 0 Å². The van der Waals surface area contributed by atoms with E-state index in [0.29, 0.717) is 5.41 Å². The molecule has 1 nitrogen and oxygen atoms in total. The normalized spacial score (nSPS) is 19.6. The lowest BCUT2D eigenvalue weighted by Crippen LogP contribution is -2.34. The summed E-state index contributed by atoms with van der Waals surface area (Å²) in [5.41, 5.74) is 2.08. The first-order chi connectivity index (χ1) is 7.79. The molecule has 1 heterocycles. The van der Waals surface area contributed by atoms with Crippen molar-refractivity contribution in [3.05, 3.63) is 35.9 Å². The average Bonchev–Trinajstić information content (AvgIpc) is 2.31. The SMILES string of the molecule is CC1(CCCc2ccccc2)CCNCC1. The van der Waals surface area contributed by atoms with Crippen molar-refractivity contribution in [1.29, 1.82) is 0 Å². The van der Waals surface area contributed by atoms with Crippen molar-refractivity contribution in [3.63, 3.8) is 0 Å². The molecular formula is C15H23N. The van der Waals surface area contributed by atoms with Crippen LogP contribution in [0.25, 0.3) is 0 Å². The molecule has 88 valence electrons. The number of aryl methyl sites for hydroxylation is 1. The molecule has 0 radical (unpaired) electrons. The lowest BCUT2D eigenvalue weighted by molar-refractivity contribution is 0.207. The molecule has 1 aromatic carbocycles. The second-order valence-electron chi connectivity index (χ2n) is 5.40. The molecule has 2 rings (SSSR count). The van der Waals surface area contributed by atoms with Crippen LogP contribution in [0.15, 0.2) is 30.3 Å². The first kappa shape index (κ1) is 11.7. The van der Waals surface area contributed by atoms with Crippen molar-refractivity contribution in [1.82, 2.24) is 5.32 Å². The van der Waals surface area contributed by atoms with Gasteiger partial charge >= 0.3 is 0 Å². The Kier molecular flexibility index (Phi) is 4.00. The molecule has 1 N–H and O–H groups in total. The summed E-state index contributed by atoms with van der Waals surface area (Å²) in [6, 6.07) is 10.9. The van der Waals surface area contributed by atoms with E-state index in [1.807, 2.05) is 0 Å². The van der Waals surface area contributed by atoms with Crippen LogP contribution in [0.4, 0.5) is 0 Å². The maximum atomic E-state index is 3.45. The second-order valence-corrected chi connectivity index (χ2v) is 5.40. The molecule has 0 spiro atoms.